The van der Waals surface area contributed by atoms with E-state index >= 15 is 0 Å². The van der Waals surface area contributed by atoms with E-state index in [2.05, 4.69) is 24.5 Å². The third-order valence-corrected chi connectivity index (χ3v) is 9.48. The molecule has 2 saturated carbocycles. The molecule has 0 aromatic heterocycles. The monoisotopic (exact) mass is 724 g/mol. The van der Waals surface area contributed by atoms with E-state index in [0.29, 0.717) is 18.5 Å². The maximum atomic E-state index is 13.9. The molecular formula is C40H60N4O8. The molecule has 1 unspecified atom stereocenters. The van der Waals surface area contributed by atoms with Crippen molar-refractivity contribution < 1.29 is 38.3 Å². The first kappa shape index (κ1) is 42.3. The summed E-state index contributed by atoms with van der Waals surface area (Å²) in [6.45, 7) is 13.5. The van der Waals surface area contributed by atoms with Crippen LogP contribution >= 0.6 is 0 Å². The molecule has 12 heteroatoms. The quantitative estimate of drug-likeness (QED) is 0.225. The first-order chi connectivity index (χ1) is 24.4. The molecule has 0 radical (unpaired) electrons. The van der Waals surface area contributed by atoms with Gasteiger partial charge in [0.1, 0.15) is 17.7 Å². The van der Waals surface area contributed by atoms with Crippen LogP contribution in [0.3, 0.4) is 0 Å². The highest BCUT2D eigenvalue weighted by Crippen LogP contribution is 2.51. The first-order valence-electron chi connectivity index (χ1n) is 18.8. The lowest BCUT2D eigenvalue weighted by Gasteiger charge is -2.33. The van der Waals surface area contributed by atoms with Crippen molar-refractivity contribution in [2.75, 3.05) is 20.6 Å². The van der Waals surface area contributed by atoms with Crippen molar-refractivity contribution in [1.82, 2.24) is 20.4 Å². The van der Waals surface area contributed by atoms with E-state index in [0.717, 1.165) is 19.3 Å². The van der Waals surface area contributed by atoms with Crippen LogP contribution in [0.15, 0.2) is 30.3 Å². The minimum absolute atomic E-state index is 0.00991. The van der Waals surface area contributed by atoms with Crippen LogP contribution in [0, 0.1) is 29.6 Å². The summed E-state index contributed by atoms with van der Waals surface area (Å²) in [7, 11) is 3.17. The molecule has 1 aromatic carbocycles. The third-order valence-electron chi connectivity index (χ3n) is 9.48. The molecule has 52 heavy (non-hydrogen) atoms. The van der Waals surface area contributed by atoms with E-state index in [9.17, 15) is 33.6 Å². The zero-order valence-corrected chi connectivity index (χ0v) is 32.5. The zero-order chi connectivity index (χ0) is 38.9. The lowest BCUT2D eigenvalue weighted by atomic mass is 9.86. The van der Waals surface area contributed by atoms with Crippen LogP contribution in [0.5, 0.6) is 0 Å². The summed E-state index contributed by atoms with van der Waals surface area (Å²) < 4.78 is 5.37. The third kappa shape index (κ3) is 12.3. The summed E-state index contributed by atoms with van der Waals surface area (Å²) in [5.74, 6) is -3.57. The fraction of sp³-hybridized carbons (Fsp3) is 0.675. The van der Waals surface area contributed by atoms with Crippen molar-refractivity contribution in [2.24, 2.45) is 29.6 Å². The van der Waals surface area contributed by atoms with Gasteiger partial charge in [-0.25, -0.2) is 4.79 Å². The second-order valence-corrected chi connectivity index (χ2v) is 16.1. The summed E-state index contributed by atoms with van der Waals surface area (Å²) >= 11 is 0. The molecule has 4 amide bonds. The average molecular weight is 725 g/mol. The van der Waals surface area contributed by atoms with Gasteiger partial charge in [0.05, 0.1) is 6.04 Å². The molecule has 0 bridgehead atoms. The van der Waals surface area contributed by atoms with Crippen LogP contribution in [0.25, 0.3) is 0 Å². The van der Waals surface area contributed by atoms with Crippen LogP contribution in [0.2, 0.25) is 0 Å². The molecule has 12 nitrogen and oxygen atoms in total. The number of ketones is 3. The number of carbonyl (C=O) groups is 7. The van der Waals surface area contributed by atoms with Gasteiger partial charge in [-0.2, -0.15) is 0 Å². The van der Waals surface area contributed by atoms with Crippen molar-refractivity contribution in [2.45, 2.75) is 124 Å². The topological polar surface area (TPSA) is 159 Å². The molecule has 1 aliphatic heterocycles. The highest BCUT2D eigenvalue weighted by Gasteiger charge is 2.57. The number of fused-ring (bicyclic) bond motifs is 1. The van der Waals surface area contributed by atoms with Gasteiger partial charge in [-0.3, -0.25) is 28.8 Å². The number of rotatable bonds is 16. The Labute approximate surface area is 309 Å². The molecule has 1 heterocycles. The Morgan fingerprint density at radius 3 is 2.10 bits per heavy atom. The first-order valence-corrected chi connectivity index (χ1v) is 18.8. The number of carbonyl (C=O) groups excluding carboxylic acids is 7. The maximum Gasteiger partial charge on any atom is 0.408 e. The standard InChI is InChI=1S/C37H52N4O8.C3H8/c1-21(2)30(39-36(48)49-37(3,4)5)35(47)41-20-25-18-26(25)32(41)28(43)19-24(17-22-13-14-22)33(45)27(42)15-16-29(44)38-31(34(46)40(6)7)23-11-9-8-10-12-23;1-3-2/h8-12,21-22,24-26,30-32H,13-20H2,1-7H3,(H,38,44)(H,39,48);3H2,1-2H3/t24?,25-,26-,30-,31-,32-;/m0./s1. The number of nitrogens with zero attached hydrogens (tertiary/aromatic N) is 2. The number of nitrogens with one attached hydrogen (secondary N) is 2. The van der Waals surface area contributed by atoms with E-state index in [-0.39, 0.29) is 60.5 Å². The van der Waals surface area contributed by atoms with Gasteiger partial charge in [0.25, 0.3) is 0 Å². The van der Waals surface area contributed by atoms with Crippen molar-refractivity contribution in [3.05, 3.63) is 35.9 Å². The Morgan fingerprint density at radius 2 is 1.56 bits per heavy atom. The second-order valence-electron chi connectivity index (χ2n) is 16.1. The fourth-order valence-corrected chi connectivity index (χ4v) is 6.64. The number of hydrogen-bond donors (Lipinski definition) is 2. The van der Waals surface area contributed by atoms with Crippen LogP contribution in [0.1, 0.15) is 111 Å². The van der Waals surface area contributed by atoms with Crippen LogP contribution in [-0.4, -0.2) is 89.3 Å². The van der Waals surface area contributed by atoms with E-state index in [1.54, 1.807) is 70.1 Å². The normalized spacial score (nSPS) is 20.7. The maximum absolute atomic E-state index is 13.9. The average Bonchev–Trinajstić information content (AvgIpc) is 4.01. The number of ether oxygens (including phenoxy) is 1. The van der Waals surface area contributed by atoms with Crippen molar-refractivity contribution >= 4 is 41.2 Å². The van der Waals surface area contributed by atoms with Gasteiger partial charge >= 0.3 is 6.09 Å². The number of benzene rings is 1. The van der Waals surface area contributed by atoms with E-state index in [1.165, 1.54) is 11.3 Å². The molecule has 2 N–H and O–H groups in total. The minimum atomic E-state index is -0.937. The Kier molecular flexibility index (Phi) is 15.1. The predicted molar refractivity (Wildman–Crippen MR) is 197 cm³/mol. The largest absolute Gasteiger partial charge is 0.444 e. The molecule has 6 atom stereocenters. The van der Waals surface area contributed by atoms with Gasteiger partial charge in [0, 0.05) is 45.8 Å². The van der Waals surface area contributed by atoms with Gasteiger partial charge in [0.2, 0.25) is 23.5 Å². The molecule has 3 aliphatic rings. The Bertz CT molecular complexity index is 1450. The van der Waals surface area contributed by atoms with Crippen LogP contribution < -0.4 is 10.6 Å². The summed E-state index contributed by atoms with van der Waals surface area (Å²) in [6, 6.07) is 6.21. The zero-order valence-electron chi connectivity index (χ0n) is 32.5. The van der Waals surface area contributed by atoms with Crippen molar-refractivity contribution in [3.63, 3.8) is 0 Å². The number of likely N-dealkylation sites (tertiary alicyclic amines) is 1. The number of alkyl carbamates (subject to hydrolysis) is 1. The van der Waals surface area contributed by atoms with Gasteiger partial charge in [0.15, 0.2) is 11.6 Å². The Hall–Kier alpha value is -4.09. The molecule has 1 saturated heterocycles. The van der Waals surface area contributed by atoms with Gasteiger partial charge in [-0.1, -0.05) is 77.3 Å². The van der Waals surface area contributed by atoms with Crippen molar-refractivity contribution in [3.8, 4) is 0 Å². The molecule has 3 fully saturated rings. The number of hydrogen-bond acceptors (Lipinski definition) is 8. The highest BCUT2D eigenvalue weighted by molar-refractivity contribution is 6.38. The van der Waals surface area contributed by atoms with Crippen molar-refractivity contribution in [1.29, 1.82) is 0 Å². The molecule has 4 rings (SSSR count). The Morgan fingerprint density at radius 1 is 0.942 bits per heavy atom. The lowest BCUT2D eigenvalue weighted by Crippen LogP contribution is -2.55. The highest BCUT2D eigenvalue weighted by atomic mass is 16.6. The smallest absolute Gasteiger partial charge is 0.408 e. The summed E-state index contributed by atoms with van der Waals surface area (Å²) in [4.78, 5) is 95.6. The number of Topliss-reactive ketones (excluding diaryl/α,β-unsaturated/α-hetero) is 3. The minimum Gasteiger partial charge on any atom is -0.444 e. The fourth-order valence-electron chi connectivity index (χ4n) is 6.64. The molecule has 1 aromatic rings. The van der Waals surface area contributed by atoms with Crippen LogP contribution in [-0.2, 0) is 33.5 Å². The molecule has 288 valence electrons. The summed E-state index contributed by atoms with van der Waals surface area (Å²) in [6.07, 6.45) is 2.79. The SMILES string of the molecule is CC(C)[C@H](NC(=O)OC(C)(C)C)C(=O)N1C[C@@H]2C[C@@H]2[C@H]1C(=O)CC(CC1CC1)C(=O)C(=O)CCC(=O)N[C@H](C(=O)N(C)C)c1ccccc1.CCC. The molecule has 2 aliphatic carbocycles. The summed E-state index contributed by atoms with van der Waals surface area (Å²) in [5, 5.41) is 5.38. The van der Waals surface area contributed by atoms with Gasteiger partial charge in [-0.05, 0) is 62.8 Å². The second kappa shape index (κ2) is 18.6. The van der Waals surface area contributed by atoms with Gasteiger partial charge in [-0.15, -0.1) is 0 Å². The van der Waals surface area contributed by atoms with E-state index < -0.39 is 53.2 Å². The lowest BCUT2D eigenvalue weighted by molar-refractivity contribution is -0.143. The van der Waals surface area contributed by atoms with Gasteiger partial charge < -0.3 is 25.2 Å². The molecular weight excluding hydrogens is 664 g/mol. The van der Waals surface area contributed by atoms with E-state index in [4.69, 9.17) is 4.74 Å². The number of piperidine rings is 1. The number of amides is 4. The Balaban J connectivity index is 0.00000235. The molecule has 0 spiro atoms. The van der Waals surface area contributed by atoms with Crippen LogP contribution in [0.4, 0.5) is 4.79 Å². The summed E-state index contributed by atoms with van der Waals surface area (Å²) in [5.41, 5.74) is -0.152. The van der Waals surface area contributed by atoms with E-state index in [1.807, 2.05) is 13.8 Å². The number of likely N-dealkylation sites (N-methyl/N-ethyl adjacent to an activating group) is 1. The predicted octanol–water partition coefficient (Wildman–Crippen LogP) is 5.04.